The van der Waals surface area contributed by atoms with Crippen LogP contribution in [0.4, 0.5) is 0 Å². The molecule has 0 aromatic heterocycles. The molecule has 0 saturated carbocycles. The molecule has 0 bridgehead atoms. The lowest BCUT2D eigenvalue weighted by Crippen LogP contribution is -2.64. The second kappa shape index (κ2) is 4.79. The van der Waals surface area contributed by atoms with Crippen molar-refractivity contribution < 1.29 is 14.8 Å². The third kappa shape index (κ3) is 2.30. The molecule has 0 N–H and O–H groups in total. The van der Waals surface area contributed by atoms with Crippen molar-refractivity contribution in [2.45, 2.75) is 45.2 Å². The van der Waals surface area contributed by atoms with Gasteiger partial charge in [0, 0.05) is 11.1 Å². The number of piperidine rings is 1. The summed E-state index contributed by atoms with van der Waals surface area (Å²) in [4.78, 5) is 25.0. The van der Waals surface area contributed by atoms with Crippen LogP contribution in [-0.4, -0.2) is 27.7 Å². The Morgan fingerprint density at radius 2 is 1.70 bits per heavy atom. The molecule has 1 fully saturated rings. The third-order valence-electron chi connectivity index (χ3n) is 4.06. The van der Waals surface area contributed by atoms with Crippen molar-refractivity contribution in [3.05, 3.63) is 35.9 Å². The zero-order chi connectivity index (χ0) is 15.1. The molecule has 2 rings (SSSR count). The molecule has 0 amide bonds. The molecule has 1 radical (unpaired) electrons. The molecule has 1 atom stereocenters. The maximum Gasteiger partial charge on any atom is 0.173 e. The zero-order valence-corrected chi connectivity index (χ0v) is 12.3. The van der Waals surface area contributed by atoms with Gasteiger partial charge < -0.3 is 0 Å². The van der Waals surface area contributed by atoms with Crippen molar-refractivity contribution in [3.8, 4) is 0 Å². The van der Waals surface area contributed by atoms with Crippen LogP contribution < -0.4 is 0 Å². The minimum Gasteiger partial charge on any atom is -0.297 e. The Bertz CT molecular complexity index is 534. The van der Waals surface area contributed by atoms with E-state index in [4.69, 9.17) is 0 Å². The highest BCUT2D eigenvalue weighted by atomic mass is 16.5. The Kier molecular flexibility index (Phi) is 3.56. The molecule has 1 aromatic carbocycles. The summed E-state index contributed by atoms with van der Waals surface area (Å²) in [7, 11) is 0. The smallest absolute Gasteiger partial charge is 0.173 e. The Morgan fingerprint density at radius 1 is 1.15 bits per heavy atom. The number of hydroxylamine groups is 2. The van der Waals surface area contributed by atoms with Gasteiger partial charge >= 0.3 is 0 Å². The molecule has 0 aliphatic carbocycles. The van der Waals surface area contributed by atoms with Crippen LogP contribution in [0.5, 0.6) is 0 Å². The SMILES string of the molecule is CC1(C)CC(C(=O)c2ccccc2)C(=O)C(C)(C)N1[O]. The largest absolute Gasteiger partial charge is 0.297 e. The number of ketones is 2. The summed E-state index contributed by atoms with van der Waals surface area (Å²) in [6.45, 7) is 6.74. The second-order valence-corrected chi connectivity index (χ2v) is 6.52. The maximum absolute atomic E-state index is 12.6. The third-order valence-corrected chi connectivity index (χ3v) is 4.06. The van der Waals surface area contributed by atoms with Crippen LogP contribution >= 0.6 is 0 Å². The Balaban J connectivity index is 2.38. The molecule has 20 heavy (non-hydrogen) atoms. The summed E-state index contributed by atoms with van der Waals surface area (Å²) >= 11 is 0. The van der Waals surface area contributed by atoms with E-state index in [1.807, 2.05) is 6.07 Å². The summed E-state index contributed by atoms with van der Waals surface area (Å²) in [5.41, 5.74) is -1.37. The lowest BCUT2D eigenvalue weighted by Gasteiger charge is -2.48. The fourth-order valence-electron chi connectivity index (χ4n) is 2.97. The first-order chi connectivity index (χ1) is 9.18. The van der Waals surface area contributed by atoms with Crippen LogP contribution in [-0.2, 0) is 10.0 Å². The average Bonchev–Trinajstić information content (AvgIpc) is 2.42. The number of nitrogens with zero attached hydrogens (tertiary/aromatic N) is 1. The van der Waals surface area contributed by atoms with Crippen molar-refractivity contribution in [2.75, 3.05) is 0 Å². The topological polar surface area (TPSA) is 57.3 Å². The molecule has 107 valence electrons. The first-order valence-electron chi connectivity index (χ1n) is 6.79. The lowest BCUT2D eigenvalue weighted by molar-refractivity contribution is -0.277. The van der Waals surface area contributed by atoms with E-state index in [1.165, 1.54) is 0 Å². The summed E-state index contributed by atoms with van der Waals surface area (Å²) in [5, 5.41) is 13.1. The zero-order valence-electron chi connectivity index (χ0n) is 12.3. The minimum absolute atomic E-state index is 0.190. The first kappa shape index (κ1) is 14.9. The van der Waals surface area contributed by atoms with Crippen molar-refractivity contribution in [1.82, 2.24) is 5.06 Å². The van der Waals surface area contributed by atoms with Crippen molar-refractivity contribution >= 4 is 11.6 Å². The standard InChI is InChI=1S/C16H20NO3/c1-15(2)10-12(14(19)16(3,4)17(15)20)13(18)11-8-6-5-7-9-11/h5-9,12H,10H2,1-4H3. The van der Waals surface area contributed by atoms with Gasteiger partial charge in [0.15, 0.2) is 11.6 Å². The fraction of sp³-hybridized carbons (Fsp3) is 0.500. The van der Waals surface area contributed by atoms with Crippen molar-refractivity contribution in [1.29, 1.82) is 0 Å². The molecule has 1 aliphatic rings. The van der Waals surface area contributed by atoms with Crippen LogP contribution in [0.1, 0.15) is 44.5 Å². The van der Waals surface area contributed by atoms with E-state index in [-0.39, 0.29) is 18.0 Å². The van der Waals surface area contributed by atoms with Crippen LogP contribution in [0.2, 0.25) is 0 Å². The van der Waals surface area contributed by atoms with E-state index in [0.29, 0.717) is 5.56 Å². The highest BCUT2D eigenvalue weighted by Gasteiger charge is 2.54. The normalized spacial score (nSPS) is 25.4. The predicted molar refractivity (Wildman–Crippen MR) is 74.6 cm³/mol. The van der Waals surface area contributed by atoms with Crippen LogP contribution in [0, 0.1) is 5.92 Å². The highest BCUT2D eigenvalue weighted by molar-refractivity contribution is 6.13. The van der Waals surface area contributed by atoms with E-state index in [1.54, 1.807) is 52.0 Å². The van der Waals surface area contributed by atoms with Crippen molar-refractivity contribution in [2.24, 2.45) is 5.92 Å². The maximum atomic E-state index is 12.6. The first-order valence-corrected chi connectivity index (χ1v) is 6.79. The minimum atomic E-state index is -1.17. The Hall–Kier alpha value is -1.52. The molecule has 1 heterocycles. The number of carbonyl (C=O) groups is 2. The van der Waals surface area contributed by atoms with Gasteiger partial charge in [-0.1, -0.05) is 30.3 Å². The van der Waals surface area contributed by atoms with Gasteiger partial charge in [-0.25, -0.2) is 0 Å². The van der Waals surface area contributed by atoms with E-state index in [0.717, 1.165) is 5.06 Å². The molecule has 1 aromatic rings. The highest BCUT2D eigenvalue weighted by Crippen LogP contribution is 2.39. The van der Waals surface area contributed by atoms with E-state index < -0.39 is 17.0 Å². The second-order valence-electron chi connectivity index (χ2n) is 6.52. The van der Waals surface area contributed by atoms with Gasteiger partial charge in [0.1, 0.15) is 5.54 Å². The molecule has 1 saturated heterocycles. The summed E-state index contributed by atoms with van der Waals surface area (Å²) in [5.74, 6) is -1.22. The van der Waals surface area contributed by atoms with E-state index in [9.17, 15) is 14.8 Å². The number of carbonyl (C=O) groups excluding carboxylic acids is 2. The quantitative estimate of drug-likeness (QED) is 0.615. The predicted octanol–water partition coefficient (Wildman–Crippen LogP) is 2.66. The van der Waals surface area contributed by atoms with Gasteiger partial charge in [-0.05, 0) is 34.1 Å². The number of hydrogen-bond acceptors (Lipinski definition) is 3. The summed E-state index contributed by atoms with van der Waals surface area (Å²) in [6, 6.07) is 8.79. The van der Waals surface area contributed by atoms with Gasteiger partial charge in [-0.15, -0.1) is 10.3 Å². The number of hydrogen-bond donors (Lipinski definition) is 0. The van der Waals surface area contributed by atoms with Crippen LogP contribution in [0.3, 0.4) is 0 Å². The monoisotopic (exact) mass is 274 g/mol. The molecule has 1 aliphatic heterocycles. The average molecular weight is 274 g/mol. The van der Waals surface area contributed by atoms with Gasteiger partial charge in [0.05, 0.1) is 5.92 Å². The van der Waals surface area contributed by atoms with Crippen LogP contribution in [0.15, 0.2) is 30.3 Å². The van der Waals surface area contributed by atoms with E-state index in [2.05, 4.69) is 0 Å². The molecule has 1 unspecified atom stereocenters. The molecule has 4 heteroatoms. The Morgan fingerprint density at radius 3 is 2.25 bits per heavy atom. The van der Waals surface area contributed by atoms with Gasteiger partial charge in [-0.3, -0.25) is 9.59 Å². The fourth-order valence-corrected chi connectivity index (χ4v) is 2.97. The molecule has 4 nitrogen and oxygen atoms in total. The van der Waals surface area contributed by atoms with E-state index >= 15 is 0 Å². The lowest BCUT2D eigenvalue weighted by atomic mass is 9.71. The number of Topliss-reactive ketones (excluding diaryl/α,β-unsaturated/α-hetero) is 2. The molecule has 0 spiro atoms. The van der Waals surface area contributed by atoms with Crippen LogP contribution in [0.25, 0.3) is 0 Å². The Labute approximate surface area is 119 Å². The van der Waals surface area contributed by atoms with Gasteiger partial charge in [0.2, 0.25) is 0 Å². The molecular formula is C16H20NO3. The van der Waals surface area contributed by atoms with Crippen molar-refractivity contribution in [3.63, 3.8) is 0 Å². The summed E-state index contributed by atoms with van der Waals surface area (Å²) < 4.78 is 0. The van der Waals surface area contributed by atoms with Gasteiger partial charge in [-0.2, -0.15) is 0 Å². The molecular weight excluding hydrogens is 254 g/mol. The number of benzene rings is 1. The summed E-state index contributed by atoms with van der Waals surface area (Å²) in [6.07, 6.45) is 0.256. The van der Waals surface area contributed by atoms with Gasteiger partial charge in [0.25, 0.3) is 0 Å². The number of rotatable bonds is 2.